The second kappa shape index (κ2) is 5.24. The van der Waals surface area contributed by atoms with E-state index in [9.17, 15) is 4.79 Å². The van der Waals surface area contributed by atoms with E-state index in [2.05, 4.69) is 29.8 Å². The maximum atomic E-state index is 11.4. The van der Waals surface area contributed by atoms with Gasteiger partial charge < -0.3 is 9.46 Å². The molecule has 0 fully saturated rings. The number of thiophene rings is 1. The Balaban J connectivity index is 2.31. The van der Waals surface area contributed by atoms with Gasteiger partial charge in [-0.2, -0.15) is 4.40 Å². The molecule has 2 rings (SSSR count). The molecule has 4 nitrogen and oxygen atoms in total. The van der Waals surface area contributed by atoms with Crippen molar-refractivity contribution in [2.45, 2.75) is 6.92 Å². The molecule has 0 aliphatic carbocycles. The van der Waals surface area contributed by atoms with Gasteiger partial charge in [0.2, 0.25) is 0 Å². The third kappa shape index (κ3) is 2.72. The maximum Gasteiger partial charge on any atom is 0.357 e. The molecule has 2 heterocycles. The summed E-state index contributed by atoms with van der Waals surface area (Å²) in [5, 5.41) is 0. The fourth-order valence-electron chi connectivity index (χ4n) is 1.23. The van der Waals surface area contributed by atoms with Crippen LogP contribution >= 0.6 is 39.4 Å². The van der Waals surface area contributed by atoms with Crippen LogP contribution in [0.15, 0.2) is 21.0 Å². The first-order valence-corrected chi connectivity index (χ1v) is 7.06. The Morgan fingerprint density at radius 3 is 2.94 bits per heavy atom. The van der Waals surface area contributed by atoms with Crippen LogP contribution in [-0.4, -0.2) is 18.8 Å². The van der Waals surface area contributed by atoms with Gasteiger partial charge in [0.05, 0.1) is 29.8 Å². The molecule has 17 heavy (non-hydrogen) atoms. The molecule has 0 bridgehead atoms. The summed E-state index contributed by atoms with van der Waals surface area (Å²) >= 11 is 6.24. The maximum absolute atomic E-state index is 11.4. The molecular weight excluding hydrogens is 324 g/mol. The highest BCUT2D eigenvalue weighted by molar-refractivity contribution is 9.10. The largest absolute Gasteiger partial charge is 0.464 e. The van der Waals surface area contributed by atoms with Gasteiger partial charge in [0.25, 0.3) is 0 Å². The second-order valence-corrected chi connectivity index (χ2v) is 5.91. The van der Waals surface area contributed by atoms with Crippen LogP contribution in [0.2, 0.25) is 0 Å². The molecule has 1 aromatic heterocycles. The standard InChI is InChI=1S/C10H9BrN2O2S2/c1-5-6(11)3-9(16-5)7-4-8(10(14)15-2)13-17-12-7/h3-4,12H,1-2H3. The number of methoxy groups -OCH3 is 1. The van der Waals surface area contributed by atoms with Crippen LogP contribution in [-0.2, 0) is 9.53 Å². The van der Waals surface area contributed by atoms with Crippen LogP contribution in [0.3, 0.4) is 0 Å². The topological polar surface area (TPSA) is 50.7 Å². The van der Waals surface area contributed by atoms with Crippen molar-refractivity contribution >= 4 is 56.8 Å². The fraction of sp³-hybridized carbons (Fsp3) is 0.200. The molecule has 0 saturated carbocycles. The molecule has 1 N–H and O–H groups in total. The van der Waals surface area contributed by atoms with E-state index in [0.717, 1.165) is 27.2 Å². The average molecular weight is 333 g/mol. The molecule has 0 aromatic carbocycles. The number of nitrogens with zero attached hydrogens (tertiary/aromatic N) is 1. The number of carbonyl (C=O) groups is 1. The Labute approximate surface area is 116 Å². The Hall–Kier alpha value is -0.790. The zero-order chi connectivity index (χ0) is 12.4. The minimum Gasteiger partial charge on any atom is -0.464 e. The highest BCUT2D eigenvalue weighted by Crippen LogP contribution is 2.32. The number of halogens is 1. The van der Waals surface area contributed by atoms with Crippen molar-refractivity contribution in [3.8, 4) is 0 Å². The van der Waals surface area contributed by atoms with Crippen molar-refractivity contribution in [3.05, 3.63) is 26.4 Å². The molecule has 0 spiro atoms. The third-order valence-electron chi connectivity index (χ3n) is 2.10. The smallest absolute Gasteiger partial charge is 0.357 e. The molecule has 1 aliphatic heterocycles. The number of aryl methyl sites for hydroxylation is 1. The van der Waals surface area contributed by atoms with Crippen molar-refractivity contribution in [1.82, 2.24) is 4.72 Å². The van der Waals surface area contributed by atoms with Gasteiger partial charge in [0.15, 0.2) is 5.71 Å². The fourth-order valence-corrected chi connectivity index (χ4v) is 3.34. The highest BCUT2D eigenvalue weighted by Gasteiger charge is 2.17. The summed E-state index contributed by atoms with van der Waals surface area (Å²) in [5.74, 6) is -0.427. The monoisotopic (exact) mass is 332 g/mol. The van der Waals surface area contributed by atoms with Crippen LogP contribution in [0.1, 0.15) is 9.75 Å². The molecule has 0 saturated heterocycles. The molecule has 0 unspecified atom stereocenters. The van der Waals surface area contributed by atoms with Gasteiger partial charge in [0, 0.05) is 9.35 Å². The van der Waals surface area contributed by atoms with Crippen molar-refractivity contribution in [2.24, 2.45) is 4.40 Å². The summed E-state index contributed by atoms with van der Waals surface area (Å²) in [4.78, 5) is 13.6. The number of hydrogen-bond acceptors (Lipinski definition) is 6. The first-order valence-electron chi connectivity index (χ1n) is 4.68. The van der Waals surface area contributed by atoms with E-state index in [0.29, 0.717) is 5.71 Å². The normalized spacial score (nSPS) is 14.8. The Morgan fingerprint density at radius 1 is 1.59 bits per heavy atom. The van der Waals surface area contributed by atoms with Crippen molar-refractivity contribution in [1.29, 1.82) is 0 Å². The summed E-state index contributed by atoms with van der Waals surface area (Å²) in [6, 6.07) is 2.01. The molecule has 0 atom stereocenters. The van der Waals surface area contributed by atoms with Crippen LogP contribution in [0.5, 0.6) is 0 Å². The van der Waals surface area contributed by atoms with E-state index < -0.39 is 5.97 Å². The van der Waals surface area contributed by atoms with Gasteiger partial charge in [-0.25, -0.2) is 4.79 Å². The summed E-state index contributed by atoms with van der Waals surface area (Å²) in [5.41, 5.74) is 1.18. The lowest BCUT2D eigenvalue weighted by molar-refractivity contribution is -0.132. The zero-order valence-corrected chi connectivity index (χ0v) is 12.3. The van der Waals surface area contributed by atoms with Crippen LogP contribution in [0, 0.1) is 6.92 Å². The number of ether oxygens (including phenoxy) is 1. The summed E-state index contributed by atoms with van der Waals surface area (Å²) in [7, 11) is 1.34. The Bertz CT molecular complexity index is 503. The lowest BCUT2D eigenvalue weighted by Crippen LogP contribution is -2.18. The highest BCUT2D eigenvalue weighted by atomic mass is 79.9. The molecule has 0 radical (unpaired) electrons. The minimum atomic E-state index is -0.427. The van der Waals surface area contributed by atoms with Crippen molar-refractivity contribution < 1.29 is 9.53 Å². The van der Waals surface area contributed by atoms with Crippen LogP contribution in [0.25, 0.3) is 5.70 Å². The van der Waals surface area contributed by atoms with E-state index in [4.69, 9.17) is 0 Å². The third-order valence-corrected chi connectivity index (χ3v) is 4.87. The number of hydrogen-bond donors (Lipinski definition) is 1. The number of nitrogens with one attached hydrogen (secondary N) is 1. The SMILES string of the molecule is COC(=O)C1=NSNC(c2cc(Br)c(C)s2)=C1. The van der Waals surface area contributed by atoms with Crippen molar-refractivity contribution in [2.75, 3.05) is 7.11 Å². The van der Waals surface area contributed by atoms with E-state index in [1.54, 1.807) is 17.4 Å². The number of carbonyl (C=O) groups excluding carboxylic acids is 1. The predicted molar refractivity (Wildman–Crippen MR) is 74.9 cm³/mol. The average Bonchev–Trinajstić information content (AvgIpc) is 2.69. The molecule has 1 aromatic rings. The molecule has 90 valence electrons. The van der Waals surface area contributed by atoms with Crippen LogP contribution in [0.4, 0.5) is 0 Å². The van der Waals surface area contributed by atoms with E-state index >= 15 is 0 Å². The van der Waals surface area contributed by atoms with Crippen molar-refractivity contribution in [3.63, 3.8) is 0 Å². The first kappa shape index (κ1) is 12.7. The molecule has 0 amide bonds. The molecule has 1 aliphatic rings. The summed E-state index contributed by atoms with van der Waals surface area (Å²) < 4.78 is 12.7. The molecule has 7 heteroatoms. The molecular formula is C10H9BrN2O2S2. The Morgan fingerprint density at radius 2 is 2.35 bits per heavy atom. The summed E-state index contributed by atoms with van der Waals surface area (Å²) in [6.45, 7) is 2.03. The van der Waals surface area contributed by atoms with Gasteiger partial charge in [-0.3, -0.25) is 0 Å². The van der Waals surface area contributed by atoms with E-state index in [1.807, 2.05) is 13.0 Å². The lowest BCUT2D eigenvalue weighted by atomic mass is 10.2. The zero-order valence-electron chi connectivity index (χ0n) is 9.11. The minimum absolute atomic E-state index is 0.313. The number of esters is 1. The quantitative estimate of drug-likeness (QED) is 0.668. The van der Waals surface area contributed by atoms with Gasteiger partial charge in [-0.1, -0.05) is 0 Å². The Kier molecular flexibility index (Phi) is 3.90. The summed E-state index contributed by atoms with van der Waals surface area (Å²) in [6.07, 6.45) is 1.69. The number of rotatable bonds is 2. The first-order chi connectivity index (χ1) is 8.11. The van der Waals surface area contributed by atoms with E-state index in [-0.39, 0.29) is 0 Å². The van der Waals surface area contributed by atoms with Gasteiger partial charge in [0.1, 0.15) is 0 Å². The predicted octanol–water partition coefficient (Wildman–Crippen LogP) is 2.94. The van der Waals surface area contributed by atoms with Crippen LogP contribution < -0.4 is 4.72 Å². The van der Waals surface area contributed by atoms with E-state index in [1.165, 1.54) is 12.0 Å². The lowest BCUT2D eigenvalue weighted by Gasteiger charge is -2.11. The van der Waals surface area contributed by atoms with Gasteiger partial charge >= 0.3 is 5.97 Å². The van der Waals surface area contributed by atoms with Gasteiger partial charge in [-0.15, -0.1) is 11.3 Å². The second-order valence-electron chi connectivity index (χ2n) is 3.23. The van der Waals surface area contributed by atoms with Gasteiger partial charge in [-0.05, 0) is 35.0 Å².